The van der Waals surface area contributed by atoms with Gasteiger partial charge in [-0.15, -0.1) is 0 Å². The molecule has 3 rings (SSSR count). The Labute approximate surface area is 163 Å². The van der Waals surface area contributed by atoms with Gasteiger partial charge in [-0.2, -0.15) is 0 Å². The number of rotatable bonds is 6. The van der Waals surface area contributed by atoms with Gasteiger partial charge in [-0.05, 0) is 58.3 Å². The molecule has 0 aliphatic carbocycles. The van der Waals surface area contributed by atoms with Gasteiger partial charge in [0, 0.05) is 30.2 Å². The molecule has 1 aromatic carbocycles. The average molecular weight is 368 g/mol. The van der Waals surface area contributed by atoms with Crippen LogP contribution < -0.4 is 10.6 Å². The first-order chi connectivity index (χ1) is 13.1. The van der Waals surface area contributed by atoms with Gasteiger partial charge in [0.25, 0.3) is 0 Å². The molecule has 2 N–H and O–H groups in total. The van der Waals surface area contributed by atoms with Crippen LogP contribution in [0.2, 0.25) is 0 Å². The maximum absolute atomic E-state index is 4.82. The van der Waals surface area contributed by atoms with Gasteiger partial charge in [0.05, 0.1) is 12.1 Å². The van der Waals surface area contributed by atoms with Crippen LogP contribution in [-0.2, 0) is 6.54 Å². The number of hydrogen-bond acceptors (Lipinski definition) is 3. The highest BCUT2D eigenvalue weighted by Crippen LogP contribution is 2.20. The SMILES string of the molecule is CCNC(=NCc1cccc2cccnc12)NCC(C)(C)N1CCCCC1. The van der Waals surface area contributed by atoms with Gasteiger partial charge in [-0.1, -0.05) is 30.7 Å². The third-order valence-corrected chi connectivity index (χ3v) is 5.37. The van der Waals surface area contributed by atoms with Crippen LogP contribution in [0.4, 0.5) is 0 Å². The monoisotopic (exact) mass is 367 g/mol. The molecule has 5 nitrogen and oxygen atoms in total. The third kappa shape index (κ3) is 5.19. The second kappa shape index (κ2) is 9.18. The van der Waals surface area contributed by atoms with E-state index in [1.165, 1.54) is 32.4 Å². The molecule has 0 unspecified atom stereocenters. The van der Waals surface area contributed by atoms with Gasteiger partial charge in [0.2, 0.25) is 0 Å². The van der Waals surface area contributed by atoms with E-state index in [9.17, 15) is 0 Å². The Bertz CT molecular complexity index is 757. The van der Waals surface area contributed by atoms with E-state index in [-0.39, 0.29) is 5.54 Å². The minimum absolute atomic E-state index is 0.123. The Morgan fingerprint density at radius 1 is 1.11 bits per heavy atom. The summed E-state index contributed by atoms with van der Waals surface area (Å²) >= 11 is 0. The number of likely N-dealkylation sites (tertiary alicyclic amines) is 1. The zero-order valence-electron chi connectivity index (χ0n) is 17.0. The van der Waals surface area contributed by atoms with Crippen molar-refractivity contribution in [1.82, 2.24) is 20.5 Å². The van der Waals surface area contributed by atoms with Crippen molar-refractivity contribution in [2.24, 2.45) is 4.99 Å². The molecule has 2 aromatic rings. The maximum atomic E-state index is 4.82. The third-order valence-electron chi connectivity index (χ3n) is 5.37. The average Bonchev–Trinajstić information content (AvgIpc) is 2.71. The predicted molar refractivity (Wildman–Crippen MR) is 114 cm³/mol. The first kappa shape index (κ1) is 19.6. The minimum atomic E-state index is 0.123. The highest BCUT2D eigenvalue weighted by Gasteiger charge is 2.27. The van der Waals surface area contributed by atoms with Crippen molar-refractivity contribution in [2.45, 2.75) is 52.1 Å². The molecule has 1 aromatic heterocycles. The fraction of sp³-hybridized carbons (Fsp3) is 0.545. The van der Waals surface area contributed by atoms with E-state index < -0.39 is 0 Å². The van der Waals surface area contributed by atoms with E-state index in [1.54, 1.807) is 0 Å². The van der Waals surface area contributed by atoms with Crippen LogP contribution in [0.25, 0.3) is 10.9 Å². The molecule has 0 amide bonds. The highest BCUT2D eigenvalue weighted by molar-refractivity contribution is 5.83. The number of guanidine groups is 1. The zero-order valence-corrected chi connectivity index (χ0v) is 17.0. The van der Waals surface area contributed by atoms with Gasteiger partial charge in [0.15, 0.2) is 5.96 Å². The number of benzene rings is 1. The van der Waals surface area contributed by atoms with Crippen LogP contribution in [0.3, 0.4) is 0 Å². The van der Waals surface area contributed by atoms with E-state index >= 15 is 0 Å². The van der Waals surface area contributed by atoms with Gasteiger partial charge in [0.1, 0.15) is 0 Å². The molecule has 1 aliphatic heterocycles. The highest BCUT2D eigenvalue weighted by atomic mass is 15.2. The Kier molecular flexibility index (Phi) is 6.67. The summed E-state index contributed by atoms with van der Waals surface area (Å²) in [5.74, 6) is 0.871. The number of pyridine rings is 1. The molecular formula is C22H33N5. The molecule has 0 radical (unpaired) electrons. The summed E-state index contributed by atoms with van der Waals surface area (Å²) in [4.78, 5) is 12.0. The first-order valence-electron chi connectivity index (χ1n) is 10.2. The number of aliphatic imine (C=N–C) groups is 1. The first-order valence-corrected chi connectivity index (χ1v) is 10.2. The van der Waals surface area contributed by atoms with Gasteiger partial charge in [-0.25, -0.2) is 4.99 Å². The molecule has 1 saturated heterocycles. The number of hydrogen-bond donors (Lipinski definition) is 2. The second-order valence-electron chi connectivity index (χ2n) is 7.90. The molecule has 1 fully saturated rings. The Morgan fingerprint density at radius 2 is 1.89 bits per heavy atom. The lowest BCUT2D eigenvalue weighted by atomic mass is 9.98. The molecule has 1 aliphatic rings. The number of nitrogens with one attached hydrogen (secondary N) is 2. The van der Waals surface area contributed by atoms with Crippen LogP contribution in [0, 0.1) is 0 Å². The van der Waals surface area contributed by atoms with Crippen molar-refractivity contribution in [1.29, 1.82) is 0 Å². The Hall–Kier alpha value is -2.14. The normalized spacial score (nSPS) is 16.5. The van der Waals surface area contributed by atoms with Gasteiger partial charge >= 0.3 is 0 Å². The molecule has 0 atom stereocenters. The number of aromatic nitrogens is 1. The lowest BCUT2D eigenvalue weighted by Gasteiger charge is -2.41. The van der Waals surface area contributed by atoms with E-state index in [1.807, 2.05) is 12.3 Å². The van der Waals surface area contributed by atoms with E-state index in [4.69, 9.17) is 4.99 Å². The van der Waals surface area contributed by atoms with Crippen molar-refractivity contribution < 1.29 is 0 Å². The standard InChI is InChI=1S/C22H33N5/c1-4-23-21(26-17-22(2,3)27-14-6-5-7-15-27)25-16-19-11-8-10-18-12-9-13-24-20(18)19/h8-13H,4-7,14-17H2,1-3H3,(H2,23,25,26). The quantitative estimate of drug-likeness (QED) is 0.605. The van der Waals surface area contributed by atoms with Gasteiger partial charge < -0.3 is 10.6 Å². The Morgan fingerprint density at radius 3 is 2.67 bits per heavy atom. The lowest BCUT2D eigenvalue weighted by molar-refractivity contribution is 0.0982. The maximum Gasteiger partial charge on any atom is 0.191 e. The summed E-state index contributed by atoms with van der Waals surface area (Å²) in [6.07, 6.45) is 5.83. The predicted octanol–water partition coefficient (Wildman–Crippen LogP) is 3.55. The van der Waals surface area contributed by atoms with Crippen LogP contribution in [0.15, 0.2) is 41.5 Å². The molecule has 5 heteroatoms. The van der Waals surface area contributed by atoms with E-state index in [2.05, 4.69) is 65.6 Å². The van der Waals surface area contributed by atoms with E-state index in [0.29, 0.717) is 6.54 Å². The topological polar surface area (TPSA) is 52.6 Å². The van der Waals surface area contributed by atoms with Crippen molar-refractivity contribution >= 4 is 16.9 Å². The number of nitrogens with zero attached hydrogens (tertiary/aromatic N) is 3. The lowest BCUT2D eigenvalue weighted by Crippen LogP contribution is -2.54. The second-order valence-corrected chi connectivity index (χ2v) is 7.90. The van der Waals surface area contributed by atoms with Crippen LogP contribution in [-0.4, -0.2) is 47.6 Å². The van der Waals surface area contributed by atoms with Crippen LogP contribution in [0.1, 0.15) is 45.6 Å². The summed E-state index contributed by atoms with van der Waals surface area (Å²) in [7, 11) is 0. The van der Waals surface area contributed by atoms with Crippen molar-refractivity contribution in [3.05, 3.63) is 42.1 Å². The Balaban J connectivity index is 1.67. The van der Waals surface area contributed by atoms with Crippen molar-refractivity contribution in [3.63, 3.8) is 0 Å². The summed E-state index contributed by atoms with van der Waals surface area (Å²) < 4.78 is 0. The number of para-hydroxylation sites is 1. The summed E-state index contributed by atoms with van der Waals surface area (Å²) in [6, 6.07) is 10.4. The van der Waals surface area contributed by atoms with Crippen molar-refractivity contribution in [3.8, 4) is 0 Å². The summed E-state index contributed by atoms with van der Waals surface area (Å²) in [5, 5.41) is 8.09. The zero-order chi connectivity index (χ0) is 19.1. The smallest absolute Gasteiger partial charge is 0.191 e. The summed E-state index contributed by atoms with van der Waals surface area (Å²) in [5.41, 5.74) is 2.31. The summed E-state index contributed by atoms with van der Waals surface area (Å²) in [6.45, 7) is 11.5. The molecule has 146 valence electrons. The largest absolute Gasteiger partial charge is 0.357 e. The van der Waals surface area contributed by atoms with Gasteiger partial charge in [-0.3, -0.25) is 9.88 Å². The van der Waals surface area contributed by atoms with E-state index in [0.717, 1.165) is 35.5 Å². The van der Waals surface area contributed by atoms with Crippen molar-refractivity contribution in [2.75, 3.05) is 26.2 Å². The fourth-order valence-electron chi connectivity index (χ4n) is 3.71. The number of fused-ring (bicyclic) bond motifs is 1. The molecule has 2 heterocycles. The molecule has 0 bridgehead atoms. The van der Waals surface area contributed by atoms with Crippen LogP contribution in [0.5, 0.6) is 0 Å². The molecule has 27 heavy (non-hydrogen) atoms. The number of piperidine rings is 1. The fourth-order valence-corrected chi connectivity index (χ4v) is 3.71. The minimum Gasteiger partial charge on any atom is -0.357 e. The molecule has 0 spiro atoms. The molecule has 0 saturated carbocycles. The molecular weight excluding hydrogens is 334 g/mol. The van der Waals surface area contributed by atoms with Crippen LogP contribution >= 0.6 is 0 Å².